The lowest BCUT2D eigenvalue weighted by Crippen LogP contribution is -2.16. The number of rotatable bonds is 3. The van der Waals surface area contributed by atoms with Crippen LogP contribution in [0.2, 0.25) is 0 Å². The molecule has 0 N–H and O–H groups in total. The molecule has 0 amide bonds. The normalized spacial score (nSPS) is 13.6. The number of benzene rings is 7. The molecule has 0 saturated heterocycles. The van der Waals surface area contributed by atoms with Crippen LogP contribution < -0.4 is 4.90 Å². The Labute approximate surface area is 270 Å². The summed E-state index contributed by atoms with van der Waals surface area (Å²) < 4.78 is 9.15. The van der Waals surface area contributed by atoms with Gasteiger partial charge in [-0.05, 0) is 70.1 Å². The first-order chi connectivity index (χ1) is 22.6. The molecular formula is C43H29NOS. The summed E-state index contributed by atoms with van der Waals surface area (Å²) in [6, 6.07) is 51.0. The van der Waals surface area contributed by atoms with Gasteiger partial charge < -0.3 is 9.32 Å². The Morgan fingerprint density at radius 1 is 0.522 bits per heavy atom. The first kappa shape index (κ1) is 25.9. The van der Waals surface area contributed by atoms with Crippen molar-refractivity contribution >= 4 is 81.3 Å². The second kappa shape index (κ2) is 9.32. The Hall–Kier alpha value is -5.38. The SMILES string of the molecule is CC1(C)c2ccccc2-c2ccc(N(c3ccc4c(c3)sc3ccccc34)c3c4ccccc4cc4oc5ccccc5c34)cc21. The van der Waals surface area contributed by atoms with Gasteiger partial charge in [0.15, 0.2) is 0 Å². The lowest BCUT2D eigenvalue weighted by Gasteiger charge is -2.29. The van der Waals surface area contributed by atoms with Gasteiger partial charge in [0.05, 0.1) is 11.1 Å². The Balaban J connectivity index is 1.32. The van der Waals surface area contributed by atoms with Crippen LogP contribution in [-0.2, 0) is 5.41 Å². The highest BCUT2D eigenvalue weighted by Crippen LogP contribution is 2.53. The second-order valence-electron chi connectivity index (χ2n) is 12.9. The minimum Gasteiger partial charge on any atom is -0.456 e. The van der Waals surface area contributed by atoms with Crippen LogP contribution in [0.3, 0.4) is 0 Å². The van der Waals surface area contributed by atoms with Gasteiger partial charge in [-0.2, -0.15) is 0 Å². The van der Waals surface area contributed by atoms with Crippen LogP contribution in [0.1, 0.15) is 25.0 Å². The minimum atomic E-state index is -0.112. The number of hydrogen-bond donors (Lipinski definition) is 0. The molecule has 2 nitrogen and oxygen atoms in total. The monoisotopic (exact) mass is 607 g/mol. The topological polar surface area (TPSA) is 16.4 Å². The van der Waals surface area contributed by atoms with Gasteiger partial charge in [-0.3, -0.25) is 0 Å². The number of thiophene rings is 1. The summed E-state index contributed by atoms with van der Waals surface area (Å²) in [6.07, 6.45) is 0. The van der Waals surface area contributed by atoms with E-state index in [1.165, 1.54) is 47.8 Å². The van der Waals surface area contributed by atoms with Crippen LogP contribution in [-0.4, -0.2) is 0 Å². The Kier molecular flexibility index (Phi) is 5.25. The van der Waals surface area contributed by atoms with E-state index in [0.717, 1.165) is 44.4 Å². The van der Waals surface area contributed by atoms with Gasteiger partial charge in [-0.1, -0.05) is 111 Å². The van der Waals surface area contributed by atoms with Crippen molar-refractivity contribution in [3.8, 4) is 11.1 Å². The highest BCUT2D eigenvalue weighted by atomic mass is 32.1. The Morgan fingerprint density at radius 2 is 1.20 bits per heavy atom. The highest BCUT2D eigenvalue weighted by Gasteiger charge is 2.36. The summed E-state index contributed by atoms with van der Waals surface area (Å²) in [5.74, 6) is 0. The third-order valence-electron chi connectivity index (χ3n) is 10.0. The predicted octanol–water partition coefficient (Wildman–Crippen LogP) is 12.9. The number of nitrogens with zero attached hydrogens (tertiary/aromatic N) is 1. The molecule has 0 spiro atoms. The standard InChI is InChI=1S/C43H29NOS/c1-43(2)35-16-8-5-13-30(35)31-21-19-27(24-36(31)43)44(28-20-22-33-32-14-7-10-18-39(32)46-40(33)25-28)42-29-12-4-3-11-26(29)23-38-41(42)34-15-6-9-17-37(34)45-38/h3-25H,1-2H3. The molecule has 9 aromatic rings. The van der Waals surface area contributed by atoms with Gasteiger partial charge in [0.2, 0.25) is 0 Å². The Morgan fingerprint density at radius 3 is 2.11 bits per heavy atom. The first-order valence-corrected chi connectivity index (χ1v) is 16.7. The third kappa shape index (κ3) is 3.52. The fourth-order valence-corrected chi connectivity index (χ4v) is 8.99. The maximum atomic E-state index is 6.56. The lowest BCUT2D eigenvalue weighted by atomic mass is 9.82. The van der Waals surface area contributed by atoms with Crippen molar-refractivity contribution in [2.45, 2.75) is 19.3 Å². The highest BCUT2D eigenvalue weighted by molar-refractivity contribution is 7.25. The van der Waals surface area contributed by atoms with Crippen LogP contribution >= 0.6 is 11.3 Å². The number of para-hydroxylation sites is 1. The van der Waals surface area contributed by atoms with E-state index in [9.17, 15) is 0 Å². The zero-order valence-electron chi connectivity index (χ0n) is 25.5. The average molecular weight is 608 g/mol. The summed E-state index contributed by atoms with van der Waals surface area (Å²) in [5.41, 5.74) is 10.5. The van der Waals surface area contributed by atoms with Crippen LogP contribution in [0, 0.1) is 0 Å². The molecule has 1 aliphatic carbocycles. The van der Waals surface area contributed by atoms with Crippen LogP contribution in [0.4, 0.5) is 17.1 Å². The van der Waals surface area contributed by atoms with Gasteiger partial charge in [0, 0.05) is 47.7 Å². The molecule has 2 heterocycles. The molecule has 218 valence electrons. The second-order valence-corrected chi connectivity index (χ2v) is 14.0. The number of hydrogen-bond acceptors (Lipinski definition) is 3. The molecule has 0 saturated carbocycles. The van der Waals surface area contributed by atoms with Crippen LogP contribution in [0.15, 0.2) is 144 Å². The maximum absolute atomic E-state index is 6.56. The smallest absolute Gasteiger partial charge is 0.138 e. The summed E-state index contributed by atoms with van der Waals surface area (Å²) in [5, 5.41) is 7.22. The molecule has 0 fully saturated rings. The fourth-order valence-electron chi connectivity index (χ4n) is 7.85. The molecule has 10 rings (SSSR count). The van der Waals surface area contributed by atoms with E-state index in [-0.39, 0.29) is 5.41 Å². The van der Waals surface area contributed by atoms with Crippen molar-refractivity contribution in [1.29, 1.82) is 0 Å². The van der Waals surface area contributed by atoms with Gasteiger partial charge in [0.1, 0.15) is 11.2 Å². The zero-order valence-corrected chi connectivity index (χ0v) is 26.4. The minimum absolute atomic E-state index is 0.112. The van der Waals surface area contributed by atoms with Crippen molar-refractivity contribution in [1.82, 2.24) is 0 Å². The number of anilines is 3. The predicted molar refractivity (Wildman–Crippen MR) is 196 cm³/mol. The largest absolute Gasteiger partial charge is 0.456 e. The van der Waals surface area contributed by atoms with E-state index in [1.54, 1.807) is 0 Å². The summed E-state index contributed by atoms with van der Waals surface area (Å²) >= 11 is 1.86. The van der Waals surface area contributed by atoms with Gasteiger partial charge >= 0.3 is 0 Å². The third-order valence-corrected chi connectivity index (χ3v) is 11.2. The molecule has 0 atom stereocenters. The molecule has 2 aromatic heterocycles. The van der Waals surface area contributed by atoms with Crippen LogP contribution in [0.25, 0.3) is 64.0 Å². The number of furan rings is 1. The molecule has 3 heteroatoms. The van der Waals surface area contributed by atoms with E-state index in [0.29, 0.717) is 0 Å². The summed E-state index contributed by atoms with van der Waals surface area (Å²) in [6.45, 7) is 4.71. The molecule has 0 aliphatic heterocycles. The average Bonchev–Trinajstić information content (AvgIpc) is 3.72. The van der Waals surface area contributed by atoms with Gasteiger partial charge in [-0.15, -0.1) is 11.3 Å². The van der Waals surface area contributed by atoms with Gasteiger partial charge in [-0.25, -0.2) is 0 Å². The van der Waals surface area contributed by atoms with Gasteiger partial charge in [0.25, 0.3) is 0 Å². The zero-order chi connectivity index (χ0) is 30.6. The van der Waals surface area contributed by atoms with E-state index < -0.39 is 0 Å². The number of fused-ring (bicyclic) bond motifs is 10. The lowest BCUT2D eigenvalue weighted by molar-refractivity contribution is 0.660. The van der Waals surface area contributed by atoms with Crippen molar-refractivity contribution in [3.05, 3.63) is 151 Å². The van der Waals surface area contributed by atoms with Crippen molar-refractivity contribution < 1.29 is 4.42 Å². The van der Waals surface area contributed by atoms with Crippen molar-refractivity contribution in [2.75, 3.05) is 4.90 Å². The molecule has 7 aromatic carbocycles. The van der Waals surface area contributed by atoms with Crippen LogP contribution in [0.5, 0.6) is 0 Å². The summed E-state index contributed by atoms with van der Waals surface area (Å²) in [4.78, 5) is 2.48. The molecule has 0 bridgehead atoms. The molecular weight excluding hydrogens is 579 g/mol. The maximum Gasteiger partial charge on any atom is 0.138 e. The quantitative estimate of drug-likeness (QED) is 0.199. The van der Waals surface area contributed by atoms with E-state index in [1.807, 2.05) is 11.3 Å². The van der Waals surface area contributed by atoms with E-state index in [2.05, 4.69) is 158 Å². The fraction of sp³-hybridized carbons (Fsp3) is 0.0698. The molecule has 0 radical (unpaired) electrons. The molecule has 46 heavy (non-hydrogen) atoms. The summed E-state index contributed by atoms with van der Waals surface area (Å²) in [7, 11) is 0. The molecule has 1 aliphatic rings. The van der Waals surface area contributed by atoms with E-state index >= 15 is 0 Å². The molecule has 0 unspecified atom stereocenters. The first-order valence-electron chi connectivity index (χ1n) is 15.9. The van der Waals surface area contributed by atoms with Crippen molar-refractivity contribution in [2.24, 2.45) is 0 Å². The van der Waals surface area contributed by atoms with Crippen molar-refractivity contribution in [3.63, 3.8) is 0 Å². The van der Waals surface area contributed by atoms with E-state index in [4.69, 9.17) is 4.42 Å². The Bertz CT molecular complexity index is 2690.